The molecule has 0 radical (unpaired) electrons. The van der Waals surface area contributed by atoms with Gasteiger partial charge < -0.3 is 5.11 Å². The van der Waals surface area contributed by atoms with Crippen LogP contribution in [0.1, 0.15) is 51.9 Å². The maximum Gasteiger partial charge on any atom is 0.0704 e. The lowest BCUT2D eigenvalue weighted by atomic mass is 9.49. The first kappa shape index (κ1) is 9.21. The lowest BCUT2D eigenvalue weighted by Gasteiger charge is -2.59. The second-order valence-corrected chi connectivity index (χ2v) is 6.05. The molecular formula is C13H22O. The first-order valence-electron chi connectivity index (χ1n) is 6.44. The van der Waals surface area contributed by atoms with Crippen molar-refractivity contribution in [2.75, 3.05) is 0 Å². The highest BCUT2D eigenvalue weighted by molar-refractivity contribution is 5.06. The maximum atomic E-state index is 10.8. The molecular weight excluding hydrogens is 172 g/mol. The first-order valence-corrected chi connectivity index (χ1v) is 6.44. The molecule has 4 rings (SSSR count). The van der Waals surface area contributed by atoms with E-state index in [9.17, 15) is 5.11 Å². The van der Waals surface area contributed by atoms with Crippen LogP contribution in [-0.2, 0) is 0 Å². The number of hydrogen-bond acceptors (Lipinski definition) is 1. The molecule has 4 aliphatic rings. The van der Waals surface area contributed by atoms with Gasteiger partial charge in [-0.05, 0) is 62.2 Å². The molecule has 0 aromatic heterocycles. The SMILES string of the molecule is CCCC1(O)C2CC3CC(C2)CC1C3. The summed E-state index contributed by atoms with van der Waals surface area (Å²) in [6, 6.07) is 0. The molecule has 0 spiro atoms. The fourth-order valence-corrected chi connectivity index (χ4v) is 4.81. The van der Waals surface area contributed by atoms with Crippen molar-refractivity contribution in [3.8, 4) is 0 Å². The molecule has 0 heterocycles. The highest BCUT2D eigenvalue weighted by Gasteiger charge is 2.55. The zero-order chi connectivity index (χ0) is 9.76. The molecule has 0 atom stereocenters. The van der Waals surface area contributed by atoms with E-state index < -0.39 is 0 Å². The zero-order valence-corrected chi connectivity index (χ0v) is 9.21. The van der Waals surface area contributed by atoms with Crippen LogP contribution in [0.2, 0.25) is 0 Å². The van der Waals surface area contributed by atoms with E-state index in [1.54, 1.807) is 0 Å². The smallest absolute Gasteiger partial charge is 0.0704 e. The van der Waals surface area contributed by atoms with Gasteiger partial charge in [0.25, 0.3) is 0 Å². The van der Waals surface area contributed by atoms with Crippen molar-refractivity contribution in [1.82, 2.24) is 0 Å². The first-order chi connectivity index (χ1) is 6.72. The van der Waals surface area contributed by atoms with Crippen LogP contribution in [0.25, 0.3) is 0 Å². The lowest BCUT2D eigenvalue weighted by Crippen LogP contribution is -2.57. The molecule has 0 aromatic carbocycles. The average molecular weight is 194 g/mol. The number of hydrogen-bond donors (Lipinski definition) is 1. The lowest BCUT2D eigenvalue weighted by molar-refractivity contribution is -0.176. The van der Waals surface area contributed by atoms with Crippen molar-refractivity contribution in [3.05, 3.63) is 0 Å². The summed E-state index contributed by atoms with van der Waals surface area (Å²) in [5.41, 5.74) is -0.248. The van der Waals surface area contributed by atoms with Crippen molar-refractivity contribution in [2.45, 2.75) is 57.5 Å². The van der Waals surface area contributed by atoms with Gasteiger partial charge in [-0.3, -0.25) is 0 Å². The van der Waals surface area contributed by atoms with Crippen LogP contribution in [0.15, 0.2) is 0 Å². The minimum atomic E-state index is -0.248. The van der Waals surface area contributed by atoms with E-state index in [4.69, 9.17) is 0 Å². The molecule has 0 aromatic rings. The quantitative estimate of drug-likeness (QED) is 0.716. The van der Waals surface area contributed by atoms with E-state index >= 15 is 0 Å². The Kier molecular flexibility index (Phi) is 1.96. The predicted octanol–water partition coefficient (Wildman–Crippen LogP) is 2.97. The summed E-state index contributed by atoms with van der Waals surface area (Å²) in [4.78, 5) is 0. The summed E-state index contributed by atoms with van der Waals surface area (Å²) in [6.45, 7) is 2.21. The van der Waals surface area contributed by atoms with Crippen molar-refractivity contribution in [3.63, 3.8) is 0 Å². The molecule has 0 unspecified atom stereocenters. The number of rotatable bonds is 2. The van der Waals surface area contributed by atoms with Crippen molar-refractivity contribution < 1.29 is 5.11 Å². The zero-order valence-electron chi connectivity index (χ0n) is 9.21. The summed E-state index contributed by atoms with van der Waals surface area (Å²) < 4.78 is 0. The molecule has 1 N–H and O–H groups in total. The minimum Gasteiger partial charge on any atom is -0.389 e. The summed E-state index contributed by atoms with van der Waals surface area (Å²) in [5, 5.41) is 10.8. The molecule has 14 heavy (non-hydrogen) atoms. The molecule has 4 saturated carbocycles. The van der Waals surface area contributed by atoms with E-state index in [1.807, 2.05) is 0 Å². The Bertz CT molecular complexity index is 205. The fraction of sp³-hybridized carbons (Fsp3) is 1.00. The normalized spacial score (nSPS) is 55.3. The second kappa shape index (κ2) is 2.98. The maximum absolute atomic E-state index is 10.8. The molecule has 1 heteroatoms. The Morgan fingerprint density at radius 1 is 1.00 bits per heavy atom. The molecule has 80 valence electrons. The molecule has 0 amide bonds. The van der Waals surface area contributed by atoms with Gasteiger partial charge in [0.15, 0.2) is 0 Å². The Morgan fingerprint density at radius 3 is 1.93 bits per heavy atom. The molecule has 0 aliphatic heterocycles. The van der Waals surface area contributed by atoms with Crippen LogP contribution >= 0.6 is 0 Å². The monoisotopic (exact) mass is 194 g/mol. The van der Waals surface area contributed by atoms with E-state index in [2.05, 4.69) is 6.92 Å². The Balaban J connectivity index is 1.87. The largest absolute Gasteiger partial charge is 0.389 e. The predicted molar refractivity (Wildman–Crippen MR) is 56.9 cm³/mol. The van der Waals surface area contributed by atoms with Crippen molar-refractivity contribution >= 4 is 0 Å². The molecule has 4 aliphatic carbocycles. The highest BCUT2D eigenvalue weighted by atomic mass is 16.3. The van der Waals surface area contributed by atoms with E-state index in [-0.39, 0.29) is 5.60 Å². The average Bonchev–Trinajstić information content (AvgIpc) is 2.14. The third-order valence-corrected chi connectivity index (χ3v) is 5.20. The van der Waals surface area contributed by atoms with Gasteiger partial charge in [-0.15, -0.1) is 0 Å². The molecule has 0 saturated heterocycles. The van der Waals surface area contributed by atoms with Crippen LogP contribution in [0.5, 0.6) is 0 Å². The van der Waals surface area contributed by atoms with E-state index in [0.717, 1.165) is 24.7 Å². The number of aliphatic hydroxyl groups is 1. The highest BCUT2D eigenvalue weighted by Crippen LogP contribution is 2.59. The topological polar surface area (TPSA) is 20.2 Å². The van der Waals surface area contributed by atoms with Crippen molar-refractivity contribution in [1.29, 1.82) is 0 Å². The summed E-state index contributed by atoms with van der Waals surface area (Å²) in [5.74, 6) is 3.29. The Morgan fingerprint density at radius 2 is 1.50 bits per heavy atom. The molecule has 1 nitrogen and oxygen atoms in total. The Labute approximate surface area is 86.9 Å². The molecule has 4 fully saturated rings. The third-order valence-electron chi connectivity index (χ3n) is 5.20. The van der Waals surface area contributed by atoms with E-state index in [0.29, 0.717) is 11.8 Å². The van der Waals surface area contributed by atoms with Crippen molar-refractivity contribution in [2.24, 2.45) is 23.7 Å². The van der Waals surface area contributed by atoms with Gasteiger partial charge in [-0.2, -0.15) is 0 Å². The van der Waals surface area contributed by atoms with Crippen LogP contribution in [0.3, 0.4) is 0 Å². The minimum absolute atomic E-state index is 0.248. The van der Waals surface area contributed by atoms with Gasteiger partial charge in [-0.25, -0.2) is 0 Å². The summed E-state index contributed by atoms with van der Waals surface area (Å²) in [6.07, 6.45) is 9.04. The van der Waals surface area contributed by atoms with Gasteiger partial charge in [0.05, 0.1) is 5.60 Å². The summed E-state index contributed by atoms with van der Waals surface area (Å²) >= 11 is 0. The van der Waals surface area contributed by atoms with Crippen LogP contribution in [-0.4, -0.2) is 10.7 Å². The van der Waals surface area contributed by atoms with Gasteiger partial charge in [0.2, 0.25) is 0 Å². The van der Waals surface area contributed by atoms with Crippen LogP contribution < -0.4 is 0 Å². The second-order valence-electron chi connectivity index (χ2n) is 6.05. The van der Waals surface area contributed by atoms with Crippen LogP contribution in [0.4, 0.5) is 0 Å². The standard InChI is InChI=1S/C13H22O/c1-2-3-13(14)11-5-9-4-10(7-11)8-12(13)6-9/h9-12,14H,2-8H2,1H3. The fourth-order valence-electron chi connectivity index (χ4n) is 4.81. The van der Waals surface area contributed by atoms with Gasteiger partial charge in [-0.1, -0.05) is 13.3 Å². The van der Waals surface area contributed by atoms with Gasteiger partial charge in [0, 0.05) is 0 Å². The van der Waals surface area contributed by atoms with Crippen LogP contribution in [0, 0.1) is 23.7 Å². The molecule has 4 bridgehead atoms. The third kappa shape index (κ3) is 1.11. The summed E-state index contributed by atoms with van der Waals surface area (Å²) in [7, 11) is 0. The van der Waals surface area contributed by atoms with Gasteiger partial charge >= 0.3 is 0 Å². The van der Waals surface area contributed by atoms with Gasteiger partial charge in [0.1, 0.15) is 0 Å². The van der Waals surface area contributed by atoms with E-state index in [1.165, 1.54) is 32.1 Å². The Hall–Kier alpha value is -0.0400.